The molecule has 1 aliphatic carbocycles. The maximum atomic E-state index is 13.8. The number of halogens is 9. The second-order valence-electron chi connectivity index (χ2n) is 27.4. The number of anilines is 2. The summed E-state index contributed by atoms with van der Waals surface area (Å²) in [5.41, 5.74) is 12.0. The molecule has 35 heteroatoms. The number of nitrogens with two attached hydrogens (primary N) is 1. The smallest absolute Gasteiger partial charge is 0.443 e. The number of nitrogens with zero attached hydrogens (tertiary/aromatic N) is 4. The molecule has 652 valence electrons. The number of hydrogen-bond acceptors (Lipinski definition) is 20. The van der Waals surface area contributed by atoms with Gasteiger partial charge in [-0.1, -0.05) is 120 Å². The van der Waals surface area contributed by atoms with Crippen molar-refractivity contribution in [3.63, 3.8) is 0 Å². The largest absolute Gasteiger partial charge is 0.508 e. The standard InChI is InChI=1S/C17H17NO4.C16H17NO.C13H9ClF3NO2.C13H16N2O3.C10H8F4O3S.C10H9FN2S.C10H10N2O2/c19-15-13-7-6-12(17(21)22)10-14(13)16(20)18(15)9-8-11-4-2-1-3-5-11;1-3-8-14(9-4-1)16(17-12-7-13-18-16)15-10-5-2-6-11-15;1-7-9(4-5-20-7)12(19)18-11-6-8(13(15,16)17)2-3-10(11)14;1-2-18-11-5-3-10(4-6-11)9-15-8-7-12(16)14-13(15)17;1-17-8(16)9(11,10(12,13)14)18-7-4-2-6(15)3-5-7;11-8-3-1-7(2-4-8)5-9-6-13-10(12)14-9;1-14-7-2-3-8(10(13)6-7)9-4-5-11-12-9/h4,6-7,10H,1-3,5,8-9H2,(H,21,22);1-6,8-11,17H,7,12-13H2;2-6H,1H3,(H,18,19);3-6H,2,7-9H2,1H3,(H,14,16,17);2-5,15H,1H3;1-4,6H,5H2,(H2,12,13);2-6,13H,1H3,(H,11,12). The molecule has 2 saturated heterocycles. The number of carbonyl (C=O) groups is 7. The van der Waals surface area contributed by atoms with Gasteiger partial charge >= 0.3 is 35.3 Å². The number of aromatic hydroxyl groups is 2. The number of thioether (sulfide) groups is 1. The lowest BCUT2D eigenvalue weighted by Crippen LogP contribution is -2.50. The van der Waals surface area contributed by atoms with Crippen LogP contribution in [0.4, 0.5) is 50.7 Å². The molecule has 0 spiro atoms. The highest BCUT2D eigenvalue weighted by Crippen LogP contribution is 2.48. The highest BCUT2D eigenvalue weighted by molar-refractivity contribution is 8.01. The predicted octanol–water partition coefficient (Wildman–Crippen LogP) is 18.9. The van der Waals surface area contributed by atoms with Crippen LogP contribution in [-0.2, 0) is 43.9 Å². The Morgan fingerprint density at radius 2 is 1.41 bits per heavy atom. The van der Waals surface area contributed by atoms with E-state index in [9.17, 15) is 73.8 Å². The van der Waals surface area contributed by atoms with Gasteiger partial charge in [-0.3, -0.25) is 39.8 Å². The van der Waals surface area contributed by atoms with Crippen molar-refractivity contribution in [2.75, 3.05) is 58.1 Å². The first kappa shape index (κ1) is 95.0. The minimum absolute atomic E-state index is 0.0208. The summed E-state index contributed by atoms with van der Waals surface area (Å²) in [4.78, 5) is 88.8. The number of carboxylic acid groups (broad SMARTS) is 1. The highest BCUT2D eigenvalue weighted by Gasteiger charge is 2.64. The predicted molar refractivity (Wildman–Crippen MR) is 450 cm³/mol. The number of phenols is 2. The van der Waals surface area contributed by atoms with Gasteiger partial charge in [0.2, 0.25) is 5.91 Å². The Balaban J connectivity index is 0.000000165. The monoisotopic (exact) mass is 1770 g/mol. The van der Waals surface area contributed by atoms with Gasteiger partial charge in [0.25, 0.3) is 17.7 Å². The lowest BCUT2D eigenvalue weighted by Gasteiger charge is -2.39. The number of fused-ring (bicyclic) bond motifs is 1. The molecule has 9 N–H and O–H groups in total. The van der Waals surface area contributed by atoms with E-state index in [4.69, 9.17) is 46.2 Å². The van der Waals surface area contributed by atoms with Crippen molar-refractivity contribution >= 4 is 87.1 Å². The van der Waals surface area contributed by atoms with E-state index in [2.05, 4.69) is 90.5 Å². The zero-order chi connectivity index (χ0) is 89.7. The number of carbonyl (C=O) groups excluding carboxylic acids is 6. The lowest BCUT2D eigenvalue weighted by atomic mass is 9.93. The SMILES string of the molecule is CCOc1ccc(CN2CCC(=O)NC2=O)cc1.COC(=O)C(F)(Sc1ccc(O)cc1)C(F)(F)F.COc1ccc(-c2ccn[nH]2)c(O)c1.Cc1occc1C(=O)Nc1cc(C(F)(F)F)ccc1Cl.Nc1ncc(Cc2ccc(F)cc2)s1.O=C(O)c1ccc2c(c1)C(=O)N(CCC1=CCCCC1)C2=O.c1ccc(C2(c3ccccc3)NCCCO2)cc1. The number of urea groups is 1. The molecule has 1 atom stereocenters. The number of nitrogen functional groups attached to an aromatic ring is 1. The summed E-state index contributed by atoms with van der Waals surface area (Å²) in [7, 11) is 2.23. The number of hydrogen-bond donors (Lipinski definition) is 8. The molecule has 0 radical (unpaired) electrons. The van der Waals surface area contributed by atoms with Gasteiger partial charge in [0.05, 0.1) is 77.9 Å². The Bertz CT molecular complexity index is 5390. The van der Waals surface area contributed by atoms with Crippen molar-refractivity contribution in [1.82, 2.24) is 35.6 Å². The molecule has 3 aromatic heterocycles. The molecule has 3 aliphatic heterocycles. The van der Waals surface area contributed by atoms with Gasteiger partial charge in [-0.2, -0.15) is 31.4 Å². The minimum Gasteiger partial charge on any atom is -0.508 e. The van der Waals surface area contributed by atoms with Crippen LogP contribution in [0.5, 0.6) is 23.0 Å². The Hall–Kier alpha value is -12.9. The molecular weight excluding hydrogens is 1690 g/mol. The summed E-state index contributed by atoms with van der Waals surface area (Å²) >= 11 is 6.91. The van der Waals surface area contributed by atoms with E-state index >= 15 is 0 Å². The Labute approximate surface area is 720 Å². The van der Waals surface area contributed by atoms with Crippen molar-refractivity contribution in [2.45, 2.75) is 99.7 Å². The van der Waals surface area contributed by atoms with E-state index < -0.39 is 46.5 Å². The van der Waals surface area contributed by atoms with Crippen molar-refractivity contribution in [2.24, 2.45) is 0 Å². The lowest BCUT2D eigenvalue weighted by molar-refractivity contribution is -0.210. The number of carboxylic acids is 1. The van der Waals surface area contributed by atoms with Crippen LogP contribution in [0.15, 0.2) is 240 Å². The number of aromatic nitrogens is 3. The van der Waals surface area contributed by atoms with Gasteiger partial charge in [0, 0.05) is 83.9 Å². The zero-order valence-electron chi connectivity index (χ0n) is 67.1. The van der Waals surface area contributed by atoms with Crippen molar-refractivity contribution in [3.8, 4) is 34.3 Å². The third kappa shape index (κ3) is 26.6. The number of esters is 1. The average molecular weight is 1770 g/mol. The minimum atomic E-state index is -5.41. The van der Waals surface area contributed by atoms with Crippen LogP contribution in [0.3, 0.4) is 0 Å². The molecule has 2 fully saturated rings. The third-order valence-corrected chi connectivity index (χ3v) is 21.1. The van der Waals surface area contributed by atoms with Gasteiger partial charge in [-0.05, 0) is 173 Å². The van der Waals surface area contributed by atoms with Crippen molar-refractivity contribution < 1.29 is 107 Å². The molecule has 4 aliphatic rings. The molecule has 8 aromatic carbocycles. The number of alkyl halides is 7. The second-order valence-corrected chi connectivity index (χ2v) is 30.2. The van der Waals surface area contributed by atoms with Crippen LogP contribution in [0.25, 0.3) is 11.3 Å². The van der Waals surface area contributed by atoms with Crippen LogP contribution in [0.2, 0.25) is 5.02 Å². The fourth-order valence-electron chi connectivity index (χ4n) is 12.4. The van der Waals surface area contributed by atoms with Crippen LogP contribution >= 0.6 is 34.7 Å². The highest BCUT2D eigenvalue weighted by atomic mass is 35.5. The van der Waals surface area contributed by atoms with Gasteiger partial charge in [0.1, 0.15) is 34.6 Å². The number of allylic oxidation sites excluding steroid dienone is 1. The third-order valence-electron chi connectivity index (χ3n) is 18.8. The summed E-state index contributed by atoms with van der Waals surface area (Å²) in [6, 6.07) is 53.9. The number of benzene rings is 8. The number of ether oxygens (including phenoxy) is 4. The number of aromatic amines is 1. The van der Waals surface area contributed by atoms with E-state index in [1.165, 1.54) is 70.9 Å². The summed E-state index contributed by atoms with van der Waals surface area (Å²) in [6.45, 7) is 7.24. The second kappa shape index (κ2) is 44.8. The molecule has 0 saturated carbocycles. The number of rotatable bonds is 19. The number of imide groups is 2. The van der Waals surface area contributed by atoms with E-state index in [0.717, 1.165) is 126 Å². The number of H-pyrrole nitrogens is 1. The van der Waals surface area contributed by atoms with E-state index in [0.29, 0.717) is 74.0 Å². The number of amides is 6. The molecule has 11 aromatic rings. The van der Waals surface area contributed by atoms with Gasteiger partial charge in [0.15, 0.2) is 10.9 Å². The summed E-state index contributed by atoms with van der Waals surface area (Å²) in [5, 5.41) is 38.8. The molecular formula is C89H86ClF8N9O15S2. The van der Waals surface area contributed by atoms with E-state index in [-0.39, 0.29) is 85.1 Å². The molecule has 1 unspecified atom stereocenters. The molecule has 124 heavy (non-hydrogen) atoms. The van der Waals surface area contributed by atoms with E-state index in [1.54, 1.807) is 67.7 Å². The average Bonchev–Trinajstić information content (AvgIpc) is 1.05. The number of methoxy groups -OCH3 is 2. The number of thiazole rings is 1. The number of furan rings is 1. The molecule has 15 rings (SSSR count). The molecule has 0 bridgehead atoms. The fraction of sp³-hybridized carbons (Fsp3) is 0.247. The molecule has 6 amide bonds. The van der Waals surface area contributed by atoms with Gasteiger partial charge in [-0.15, -0.1) is 11.3 Å². The summed E-state index contributed by atoms with van der Waals surface area (Å²) in [5.74, 6) is -3.05. The Kier molecular flexibility index (Phi) is 34.3. The van der Waals surface area contributed by atoms with Gasteiger partial charge in [-0.25, -0.2) is 28.1 Å². The normalized spacial score (nSPS) is 14.3. The van der Waals surface area contributed by atoms with Crippen LogP contribution in [-0.4, -0.2) is 140 Å². The Morgan fingerprint density at radius 1 is 0.750 bits per heavy atom. The topological polar surface area (TPSA) is 340 Å². The first-order valence-corrected chi connectivity index (χ1v) is 40.3. The maximum Gasteiger partial charge on any atom is 0.443 e. The summed E-state index contributed by atoms with van der Waals surface area (Å²) < 4.78 is 127. The number of aryl methyl sites for hydroxylation is 1. The number of aromatic carboxylic acids is 1. The van der Waals surface area contributed by atoms with E-state index in [1.807, 2.05) is 43.3 Å². The maximum absolute atomic E-state index is 13.8. The molecule has 24 nitrogen and oxygen atoms in total. The van der Waals surface area contributed by atoms with Crippen LogP contribution < -0.4 is 31.2 Å². The first-order chi connectivity index (χ1) is 59.2. The quantitative estimate of drug-likeness (QED) is 0.0123. The van der Waals surface area contributed by atoms with Crippen molar-refractivity contribution in [1.29, 1.82) is 0 Å². The number of nitrogens with one attached hydrogen (secondary N) is 4. The fourth-order valence-corrected chi connectivity index (χ4v) is 14.2. The zero-order valence-corrected chi connectivity index (χ0v) is 69.5. The van der Waals surface area contributed by atoms with Crippen LogP contribution in [0, 0.1) is 12.7 Å². The first-order valence-electron chi connectivity index (χ1n) is 38.3. The van der Waals surface area contributed by atoms with Crippen LogP contribution in [0.1, 0.15) is 132 Å². The summed E-state index contributed by atoms with van der Waals surface area (Å²) in [6.07, 6.45) is 4.34. The van der Waals surface area contributed by atoms with Gasteiger partial charge < -0.3 is 54.6 Å². The van der Waals surface area contributed by atoms with Crippen molar-refractivity contribution in [3.05, 3.63) is 302 Å². The molecule has 6 heterocycles. The number of phenolic OH excluding ortho intramolecular Hbond substituents is 2. The Morgan fingerprint density at radius 3 is 1.96 bits per heavy atom.